The first kappa shape index (κ1) is 22.5. The van der Waals surface area contributed by atoms with E-state index in [0.717, 1.165) is 18.5 Å². The Bertz CT molecular complexity index is 597. The van der Waals surface area contributed by atoms with Gasteiger partial charge in [-0.25, -0.2) is 0 Å². The highest BCUT2D eigenvalue weighted by Gasteiger charge is 2.52. The third-order valence-corrected chi connectivity index (χ3v) is 7.49. The molecule has 0 aromatic carbocycles. The minimum Gasteiger partial charge on any atom is -0.347 e. The van der Waals surface area contributed by atoms with Gasteiger partial charge in [-0.2, -0.15) is 8.42 Å². The van der Waals surface area contributed by atoms with Gasteiger partial charge in [-0.3, -0.25) is 4.55 Å². The molecule has 0 fully saturated rings. The average Bonchev–Trinajstić information content (AvgIpc) is 3.18. The van der Waals surface area contributed by atoms with Crippen LogP contribution in [0.2, 0.25) is 0 Å². The average molecular weight is 398 g/mol. The number of unbranched alkanes of at least 4 members (excludes halogenated alkanes) is 13. The molecule has 0 amide bonds. The second-order valence-corrected chi connectivity index (χ2v) is 9.89. The zero-order chi connectivity index (χ0) is 19.6. The number of allylic oxidation sites excluding steroid dienone is 1. The molecule has 0 aromatic rings. The van der Waals surface area contributed by atoms with Crippen molar-refractivity contribution < 1.29 is 13.0 Å². The predicted molar refractivity (Wildman–Crippen MR) is 113 cm³/mol. The molecule has 0 spiro atoms. The summed E-state index contributed by atoms with van der Waals surface area (Å²) < 4.78 is 33.2. The Morgan fingerprint density at radius 2 is 1.37 bits per heavy atom. The smallest absolute Gasteiger partial charge is 0.293 e. The Morgan fingerprint density at radius 3 is 1.78 bits per heavy atom. The molecular weight excluding hydrogens is 358 g/mol. The molecule has 2 heterocycles. The van der Waals surface area contributed by atoms with Crippen LogP contribution in [0.15, 0.2) is 23.9 Å². The Balaban J connectivity index is 1.44. The normalized spacial score (nSPS) is 21.3. The van der Waals surface area contributed by atoms with Gasteiger partial charge in [0.2, 0.25) is 0 Å². The largest absolute Gasteiger partial charge is 0.347 e. The first-order valence-electron chi connectivity index (χ1n) is 11.2. The van der Waals surface area contributed by atoms with E-state index in [4.69, 9.17) is 0 Å². The van der Waals surface area contributed by atoms with Gasteiger partial charge in [0.05, 0.1) is 0 Å². The molecular formula is C22H39NO3S. The van der Waals surface area contributed by atoms with Crippen molar-refractivity contribution in [1.29, 1.82) is 0 Å². The minimum absolute atomic E-state index is 0.371. The molecule has 5 heteroatoms. The van der Waals surface area contributed by atoms with Gasteiger partial charge in [-0.05, 0) is 18.6 Å². The molecule has 156 valence electrons. The number of fused-ring (bicyclic) bond motifs is 2. The third-order valence-electron chi connectivity index (χ3n) is 6.07. The molecule has 0 radical (unpaired) electrons. The van der Waals surface area contributed by atoms with Gasteiger partial charge in [0.1, 0.15) is 0 Å². The van der Waals surface area contributed by atoms with Crippen molar-refractivity contribution in [1.82, 2.24) is 4.90 Å². The molecule has 4 nitrogen and oxygen atoms in total. The Hall–Kier alpha value is -0.810. The lowest BCUT2D eigenvalue weighted by Crippen LogP contribution is -2.46. The van der Waals surface area contributed by atoms with E-state index in [9.17, 15) is 13.0 Å². The summed E-state index contributed by atoms with van der Waals surface area (Å²) in [6, 6.07) is 0. The number of hydrogen-bond acceptors (Lipinski definition) is 3. The first-order chi connectivity index (χ1) is 13.0. The Morgan fingerprint density at radius 1 is 0.889 bits per heavy atom. The van der Waals surface area contributed by atoms with E-state index >= 15 is 0 Å². The van der Waals surface area contributed by atoms with Crippen molar-refractivity contribution in [3.8, 4) is 0 Å². The van der Waals surface area contributed by atoms with Gasteiger partial charge in [-0.15, -0.1) is 0 Å². The SMILES string of the molecule is CCCCCCCCCCCCCCCCN1C2=CCC1(S(=O)(=O)O)C=C2. The molecule has 0 saturated carbocycles. The molecule has 1 atom stereocenters. The Kier molecular flexibility index (Phi) is 9.37. The summed E-state index contributed by atoms with van der Waals surface area (Å²) >= 11 is 0. The number of hydrogen-bond donors (Lipinski definition) is 1. The van der Waals surface area contributed by atoms with Crippen LogP contribution in [0.3, 0.4) is 0 Å². The number of nitrogens with zero attached hydrogens (tertiary/aromatic N) is 1. The standard InChI is InChI=1S/C22H39NO3S/c1-2-3-4-5-6-7-8-9-10-11-12-13-14-15-20-23-21-16-18-22(23,19-17-21)27(24,25)26/h16-18H,2-15,19-20H2,1H3,(H,24,25,26). The van der Waals surface area contributed by atoms with Gasteiger partial charge in [0.25, 0.3) is 10.1 Å². The molecule has 2 rings (SSSR count). The molecule has 2 aliphatic heterocycles. The van der Waals surface area contributed by atoms with E-state index in [-0.39, 0.29) is 0 Å². The third kappa shape index (κ3) is 6.35. The molecule has 2 aliphatic rings. The fourth-order valence-corrected chi connectivity index (χ4v) is 5.34. The molecule has 0 aliphatic carbocycles. The molecule has 0 saturated heterocycles. The van der Waals surface area contributed by atoms with E-state index < -0.39 is 15.0 Å². The second-order valence-electron chi connectivity index (χ2n) is 8.23. The maximum absolute atomic E-state index is 11.8. The fraction of sp³-hybridized carbons (Fsp3) is 0.818. The molecule has 0 aromatic heterocycles. The maximum Gasteiger partial charge on any atom is 0.293 e. The van der Waals surface area contributed by atoms with Gasteiger partial charge in [0, 0.05) is 18.7 Å². The highest BCUT2D eigenvalue weighted by atomic mass is 32.2. The summed E-state index contributed by atoms with van der Waals surface area (Å²) in [6.45, 7) is 2.97. The van der Waals surface area contributed by atoms with Crippen LogP contribution in [0.1, 0.15) is 103 Å². The van der Waals surface area contributed by atoms with Crippen LogP contribution >= 0.6 is 0 Å². The predicted octanol–water partition coefficient (Wildman–Crippen LogP) is 6.21. The lowest BCUT2D eigenvalue weighted by Gasteiger charge is -2.32. The van der Waals surface area contributed by atoms with E-state index in [0.29, 0.717) is 13.0 Å². The van der Waals surface area contributed by atoms with Crippen LogP contribution in [0.5, 0.6) is 0 Å². The van der Waals surface area contributed by atoms with E-state index in [1.165, 1.54) is 77.0 Å². The van der Waals surface area contributed by atoms with Crippen molar-refractivity contribution in [3.05, 3.63) is 23.9 Å². The minimum atomic E-state index is -4.10. The van der Waals surface area contributed by atoms with Crippen molar-refractivity contribution in [2.24, 2.45) is 0 Å². The zero-order valence-electron chi connectivity index (χ0n) is 17.2. The molecule has 27 heavy (non-hydrogen) atoms. The molecule has 1 unspecified atom stereocenters. The fourth-order valence-electron chi connectivity index (χ4n) is 4.33. The summed E-state index contributed by atoms with van der Waals surface area (Å²) in [7, 11) is -4.10. The maximum atomic E-state index is 11.8. The van der Waals surface area contributed by atoms with Gasteiger partial charge >= 0.3 is 0 Å². The van der Waals surface area contributed by atoms with Crippen molar-refractivity contribution in [3.63, 3.8) is 0 Å². The van der Waals surface area contributed by atoms with Crippen molar-refractivity contribution in [2.75, 3.05) is 6.54 Å². The topological polar surface area (TPSA) is 57.6 Å². The quantitative estimate of drug-likeness (QED) is 0.248. The monoisotopic (exact) mass is 397 g/mol. The van der Waals surface area contributed by atoms with Crippen molar-refractivity contribution in [2.45, 2.75) is 108 Å². The summed E-state index contributed by atoms with van der Waals surface area (Å²) in [5, 5.41) is 0. The molecule has 2 bridgehead atoms. The lowest BCUT2D eigenvalue weighted by molar-refractivity contribution is 0.271. The summed E-state index contributed by atoms with van der Waals surface area (Å²) in [6.07, 6.45) is 24.1. The lowest BCUT2D eigenvalue weighted by atomic mass is 10.0. The molecule has 1 N–H and O–H groups in total. The van der Waals surface area contributed by atoms with Crippen LogP contribution in [0.4, 0.5) is 0 Å². The Labute approximate surface area is 166 Å². The highest BCUT2D eigenvalue weighted by Crippen LogP contribution is 2.43. The van der Waals surface area contributed by atoms with Crippen LogP contribution in [0, 0.1) is 0 Å². The van der Waals surface area contributed by atoms with Crippen molar-refractivity contribution >= 4 is 10.1 Å². The van der Waals surface area contributed by atoms with E-state index in [1.54, 1.807) is 6.08 Å². The summed E-state index contributed by atoms with van der Waals surface area (Å²) in [5.74, 6) is 0. The van der Waals surface area contributed by atoms with Crippen LogP contribution in [-0.4, -0.2) is 29.3 Å². The van der Waals surface area contributed by atoms with E-state index in [1.807, 2.05) is 17.1 Å². The summed E-state index contributed by atoms with van der Waals surface area (Å²) in [4.78, 5) is 0.654. The van der Waals surface area contributed by atoms with E-state index in [2.05, 4.69) is 6.92 Å². The van der Waals surface area contributed by atoms with Gasteiger partial charge in [-0.1, -0.05) is 96.5 Å². The summed E-state index contributed by atoms with van der Waals surface area (Å²) in [5.41, 5.74) is 0.947. The number of rotatable bonds is 16. The second kappa shape index (κ2) is 11.3. The van der Waals surface area contributed by atoms with Gasteiger partial charge in [0.15, 0.2) is 4.87 Å². The van der Waals surface area contributed by atoms with Gasteiger partial charge < -0.3 is 4.90 Å². The highest BCUT2D eigenvalue weighted by molar-refractivity contribution is 7.87. The first-order valence-corrected chi connectivity index (χ1v) is 12.6. The van der Waals surface area contributed by atoms with Crippen LogP contribution in [-0.2, 0) is 10.1 Å². The van der Waals surface area contributed by atoms with Crippen LogP contribution in [0.25, 0.3) is 0 Å². The zero-order valence-corrected chi connectivity index (χ0v) is 18.0. The van der Waals surface area contributed by atoms with Crippen LogP contribution < -0.4 is 0 Å².